The molecule has 0 atom stereocenters. The van der Waals surface area contributed by atoms with Gasteiger partial charge in [0.15, 0.2) is 0 Å². The molecule has 0 bridgehead atoms. The quantitative estimate of drug-likeness (QED) is 0.817. The highest BCUT2D eigenvalue weighted by molar-refractivity contribution is 6.33. The number of aliphatic hydroxyl groups is 1. The number of ether oxygens (including phenoxy) is 1. The third-order valence-corrected chi connectivity index (χ3v) is 3.85. The van der Waals surface area contributed by atoms with Crippen LogP contribution in [0.3, 0.4) is 0 Å². The number of β-amino-alcohol motifs (C(OH)–C–C–N with tert-alkyl or cyclic N) is 1. The summed E-state index contributed by atoms with van der Waals surface area (Å²) in [5, 5.41) is 24.7. The zero-order valence-corrected chi connectivity index (χ0v) is 13.7. The predicted octanol–water partition coefficient (Wildman–Crippen LogP) is 2.02. The van der Waals surface area contributed by atoms with Crippen LogP contribution in [0.1, 0.15) is 11.1 Å². The van der Waals surface area contributed by atoms with E-state index >= 15 is 0 Å². The van der Waals surface area contributed by atoms with Gasteiger partial charge >= 0.3 is 0 Å². The van der Waals surface area contributed by atoms with E-state index in [-0.39, 0.29) is 24.8 Å². The number of phenols is 1. The molecule has 1 aliphatic heterocycles. The lowest BCUT2D eigenvalue weighted by Crippen LogP contribution is -2.25. The van der Waals surface area contributed by atoms with Crippen molar-refractivity contribution in [2.75, 3.05) is 20.3 Å². The maximum atomic E-state index is 12.6. The smallest absolute Gasteiger partial charge is 0.276 e. The maximum absolute atomic E-state index is 12.6. The number of aromatic hydroxyl groups is 1. The topological polar surface area (TPSA) is 82.4 Å². The lowest BCUT2D eigenvalue weighted by molar-refractivity contribution is -0.126. The van der Waals surface area contributed by atoms with Gasteiger partial charge in [0.1, 0.15) is 17.2 Å². The summed E-state index contributed by atoms with van der Waals surface area (Å²) in [6, 6.07) is 14.0. The van der Waals surface area contributed by atoms with Gasteiger partial charge in [-0.25, -0.2) is 5.01 Å². The molecule has 0 fully saturated rings. The molecule has 6 nitrogen and oxygen atoms in total. The minimum atomic E-state index is -0.317. The molecule has 0 radical (unpaired) electrons. The first-order valence-corrected chi connectivity index (χ1v) is 7.80. The zero-order valence-electron chi connectivity index (χ0n) is 13.7. The summed E-state index contributed by atoms with van der Waals surface area (Å²) < 4.78 is 5.15. The number of aliphatic hydroxyl groups excluding tert-OH is 1. The first kappa shape index (κ1) is 16.7. The second-order valence-electron chi connectivity index (χ2n) is 5.45. The summed E-state index contributed by atoms with van der Waals surface area (Å²) in [5.74, 6) is 0.465. The van der Waals surface area contributed by atoms with Crippen molar-refractivity contribution in [2.45, 2.75) is 0 Å². The van der Waals surface area contributed by atoms with Gasteiger partial charge in [-0.3, -0.25) is 4.79 Å². The Morgan fingerprint density at radius 1 is 1.16 bits per heavy atom. The fraction of sp³-hybridized carbons (Fsp3) is 0.158. The van der Waals surface area contributed by atoms with Gasteiger partial charge < -0.3 is 14.9 Å². The summed E-state index contributed by atoms with van der Waals surface area (Å²) in [5.41, 5.74) is 2.12. The van der Waals surface area contributed by atoms with Gasteiger partial charge in [0.25, 0.3) is 5.91 Å². The lowest BCUT2D eigenvalue weighted by atomic mass is 10.00. The minimum Gasteiger partial charge on any atom is -0.507 e. The molecule has 0 aromatic heterocycles. The SMILES string of the molecule is COc1ccc(C2=NN(CCO)C(=O)C2=Cc2ccccc2O)cc1. The van der Waals surface area contributed by atoms with Crippen molar-refractivity contribution in [1.82, 2.24) is 5.01 Å². The summed E-state index contributed by atoms with van der Waals surface area (Å²) in [7, 11) is 1.58. The van der Waals surface area contributed by atoms with Crippen molar-refractivity contribution >= 4 is 17.7 Å². The molecule has 25 heavy (non-hydrogen) atoms. The third-order valence-electron chi connectivity index (χ3n) is 3.85. The number of benzene rings is 2. The van der Waals surface area contributed by atoms with Crippen LogP contribution in [0.4, 0.5) is 0 Å². The van der Waals surface area contributed by atoms with Crippen LogP contribution < -0.4 is 4.74 Å². The normalized spacial score (nSPS) is 15.6. The first-order valence-electron chi connectivity index (χ1n) is 7.80. The Balaban J connectivity index is 2.05. The van der Waals surface area contributed by atoms with E-state index in [4.69, 9.17) is 9.84 Å². The zero-order chi connectivity index (χ0) is 17.8. The number of rotatable bonds is 5. The van der Waals surface area contributed by atoms with Gasteiger partial charge in [-0.1, -0.05) is 18.2 Å². The molecule has 0 saturated heterocycles. The molecule has 0 aliphatic carbocycles. The number of carbonyl (C=O) groups excluding carboxylic acids is 1. The van der Waals surface area contributed by atoms with Crippen LogP contribution in [-0.2, 0) is 4.79 Å². The van der Waals surface area contributed by atoms with Gasteiger partial charge in [-0.05, 0) is 36.4 Å². The number of methoxy groups -OCH3 is 1. The predicted molar refractivity (Wildman–Crippen MR) is 94.4 cm³/mol. The molecular formula is C19H18N2O4. The van der Waals surface area contributed by atoms with Gasteiger partial charge in [-0.2, -0.15) is 5.10 Å². The van der Waals surface area contributed by atoms with Gasteiger partial charge in [0.05, 0.1) is 25.8 Å². The van der Waals surface area contributed by atoms with Crippen LogP contribution in [0.25, 0.3) is 6.08 Å². The molecule has 2 N–H and O–H groups in total. The number of hydrazone groups is 1. The van der Waals surface area contributed by atoms with Gasteiger partial charge in [-0.15, -0.1) is 0 Å². The number of amides is 1. The summed E-state index contributed by atoms with van der Waals surface area (Å²) >= 11 is 0. The lowest BCUT2D eigenvalue weighted by Gasteiger charge is -2.08. The van der Waals surface area contributed by atoms with Crippen LogP contribution in [0, 0.1) is 0 Å². The van der Waals surface area contributed by atoms with E-state index in [1.807, 2.05) is 12.1 Å². The van der Waals surface area contributed by atoms with Crippen LogP contribution in [0.5, 0.6) is 11.5 Å². The van der Waals surface area contributed by atoms with Crippen LogP contribution in [-0.4, -0.2) is 47.1 Å². The van der Waals surface area contributed by atoms with Gasteiger partial charge in [0.2, 0.25) is 0 Å². The number of carbonyl (C=O) groups is 1. The van der Waals surface area contributed by atoms with Crippen molar-refractivity contribution < 1.29 is 19.7 Å². The van der Waals surface area contributed by atoms with Crippen molar-refractivity contribution in [3.8, 4) is 11.5 Å². The number of para-hydroxylation sites is 1. The van der Waals surface area contributed by atoms with E-state index in [0.29, 0.717) is 22.6 Å². The highest BCUT2D eigenvalue weighted by Gasteiger charge is 2.30. The molecule has 1 heterocycles. The molecule has 0 spiro atoms. The van der Waals surface area contributed by atoms with E-state index in [1.165, 1.54) is 5.01 Å². The number of phenolic OH excluding ortho intramolecular Hbond substituents is 1. The Kier molecular flexibility index (Phi) is 4.81. The number of hydrogen-bond donors (Lipinski definition) is 2. The molecule has 3 rings (SSSR count). The van der Waals surface area contributed by atoms with Crippen LogP contribution in [0.15, 0.2) is 59.2 Å². The molecule has 1 aliphatic rings. The van der Waals surface area contributed by atoms with E-state index in [2.05, 4.69) is 5.10 Å². The second-order valence-corrected chi connectivity index (χ2v) is 5.45. The highest BCUT2D eigenvalue weighted by Crippen LogP contribution is 2.26. The van der Waals surface area contributed by atoms with E-state index in [1.54, 1.807) is 49.6 Å². The van der Waals surface area contributed by atoms with E-state index < -0.39 is 0 Å². The van der Waals surface area contributed by atoms with Crippen LogP contribution >= 0.6 is 0 Å². The molecule has 0 saturated carbocycles. The molecule has 6 heteroatoms. The average Bonchev–Trinajstić information content (AvgIpc) is 2.94. The van der Waals surface area contributed by atoms with E-state index in [0.717, 1.165) is 5.56 Å². The Bertz CT molecular complexity index is 841. The van der Waals surface area contributed by atoms with Crippen LogP contribution in [0.2, 0.25) is 0 Å². The Morgan fingerprint density at radius 3 is 2.52 bits per heavy atom. The number of hydrogen-bond acceptors (Lipinski definition) is 5. The summed E-state index contributed by atoms with van der Waals surface area (Å²) in [6.45, 7) is -0.0778. The Morgan fingerprint density at radius 2 is 1.88 bits per heavy atom. The Hall–Kier alpha value is -3.12. The van der Waals surface area contributed by atoms with Crippen molar-refractivity contribution in [2.24, 2.45) is 5.10 Å². The second kappa shape index (κ2) is 7.19. The first-order chi connectivity index (χ1) is 12.1. The molecule has 128 valence electrons. The monoisotopic (exact) mass is 338 g/mol. The van der Waals surface area contributed by atoms with Crippen molar-refractivity contribution in [3.63, 3.8) is 0 Å². The fourth-order valence-electron chi connectivity index (χ4n) is 2.56. The van der Waals surface area contributed by atoms with Crippen molar-refractivity contribution in [3.05, 3.63) is 65.2 Å². The standard InChI is InChI=1S/C19H18N2O4/c1-25-15-8-6-13(7-9-15)18-16(19(24)21(20-18)10-11-22)12-14-4-2-3-5-17(14)23/h2-9,12,22-23H,10-11H2,1H3. The summed E-state index contributed by atoms with van der Waals surface area (Å²) in [6.07, 6.45) is 1.61. The molecular weight excluding hydrogens is 320 g/mol. The fourth-order valence-corrected chi connectivity index (χ4v) is 2.56. The van der Waals surface area contributed by atoms with Crippen molar-refractivity contribution in [1.29, 1.82) is 0 Å². The third kappa shape index (κ3) is 3.39. The molecule has 2 aromatic carbocycles. The summed E-state index contributed by atoms with van der Waals surface area (Å²) in [4.78, 5) is 12.6. The van der Waals surface area contributed by atoms with Gasteiger partial charge in [0, 0.05) is 11.1 Å². The van der Waals surface area contributed by atoms with E-state index in [9.17, 15) is 9.90 Å². The largest absolute Gasteiger partial charge is 0.507 e. The molecule has 0 unspecified atom stereocenters. The Labute approximate surface area is 145 Å². The average molecular weight is 338 g/mol. The molecule has 2 aromatic rings. The molecule has 1 amide bonds. The maximum Gasteiger partial charge on any atom is 0.276 e. The highest BCUT2D eigenvalue weighted by atomic mass is 16.5. The minimum absolute atomic E-state index is 0.0810. The number of nitrogens with zero attached hydrogens (tertiary/aromatic N) is 2.